The van der Waals surface area contributed by atoms with Crippen LogP contribution in [0.15, 0.2) is 40.9 Å². The maximum atomic E-state index is 13.3. The van der Waals surface area contributed by atoms with E-state index in [0.717, 1.165) is 19.2 Å². The molecule has 0 radical (unpaired) electrons. The van der Waals surface area contributed by atoms with Crippen LogP contribution in [0, 0.1) is 16.3 Å². The number of halogens is 3. The molecule has 0 aliphatic heterocycles. The molecular weight excluding hydrogens is 410 g/mol. The molecule has 0 fully saturated rings. The minimum absolute atomic E-state index is 0.334. The van der Waals surface area contributed by atoms with Gasteiger partial charge in [0.2, 0.25) is 0 Å². The molecule has 0 heterocycles. The average Bonchev–Trinajstić information content (AvgIpc) is 2.34. The molecule has 2 aromatic rings. The molecule has 0 aliphatic rings. The van der Waals surface area contributed by atoms with Gasteiger partial charge in [-0.2, -0.15) is 0 Å². The predicted molar refractivity (Wildman–Crippen MR) is 82.1 cm³/mol. The number of hydrogen-bond acceptors (Lipinski definition) is 1. The van der Waals surface area contributed by atoms with Gasteiger partial charge in [-0.15, -0.1) is 0 Å². The van der Waals surface area contributed by atoms with Crippen molar-refractivity contribution in [2.24, 2.45) is 0 Å². The van der Waals surface area contributed by atoms with Gasteiger partial charge in [0.25, 0.3) is 0 Å². The van der Waals surface area contributed by atoms with Crippen LogP contribution in [0.4, 0.5) is 4.39 Å². The summed E-state index contributed by atoms with van der Waals surface area (Å²) >= 11 is 5.55. The van der Waals surface area contributed by atoms with Crippen molar-refractivity contribution in [1.82, 2.24) is 0 Å². The lowest BCUT2D eigenvalue weighted by Crippen LogP contribution is -2.04. The van der Waals surface area contributed by atoms with Crippen LogP contribution in [0.1, 0.15) is 22.8 Å². The van der Waals surface area contributed by atoms with Gasteiger partial charge in [-0.1, -0.05) is 22.0 Å². The second-order valence-corrected chi connectivity index (χ2v) is 6.15. The number of aliphatic hydroxyl groups excluding tert-OH is 1. The fourth-order valence-electron chi connectivity index (χ4n) is 1.80. The SMILES string of the molecule is Cc1ccc(F)cc1C(O)c1cc(Br)ccc1I. The Morgan fingerprint density at radius 1 is 1.17 bits per heavy atom. The minimum Gasteiger partial charge on any atom is -0.384 e. The van der Waals surface area contributed by atoms with Gasteiger partial charge in [-0.05, 0) is 76.5 Å². The van der Waals surface area contributed by atoms with E-state index in [1.165, 1.54) is 12.1 Å². The zero-order chi connectivity index (χ0) is 13.3. The van der Waals surface area contributed by atoms with E-state index in [0.29, 0.717) is 5.56 Å². The highest BCUT2D eigenvalue weighted by molar-refractivity contribution is 14.1. The molecule has 0 amide bonds. The summed E-state index contributed by atoms with van der Waals surface area (Å²) in [6.45, 7) is 1.86. The Morgan fingerprint density at radius 2 is 1.89 bits per heavy atom. The van der Waals surface area contributed by atoms with Crippen molar-refractivity contribution in [3.63, 3.8) is 0 Å². The summed E-state index contributed by atoms with van der Waals surface area (Å²) in [5.74, 6) is -0.334. The molecule has 0 bridgehead atoms. The van der Waals surface area contributed by atoms with Crippen molar-refractivity contribution >= 4 is 38.5 Å². The highest BCUT2D eigenvalue weighted by Gasteiger charge is 2.16. The van der Waals surface area contributed by atoms with Crippen LogP contribution in [0.3, 0.4) is 0 Å². The average molecular weight is 421 g/mol. The topological polar surface area (TPSA) is 20.2 Å². The lowest BCUT2D eigenvalue weighted by atomic mass is 9.97. The Labute approximate surface area is 127 Å². The van der Waals surface area contributed by atoms with E-state index in [-0.39, 0.29) is 5.82 Å². The number of rotatable bonds is 2. The number of aliphatic hydroxyl groups is 1. The van der Waals surface area contributed by atoms with Crippen molar-refractivity contribution in [3.05, 3.63) is 66.9 Å². The molecular formula is C14H11BrFIO. The molecule has 4 heteroatoms. The largest absolute Gasteiger partial charge is 0.384 e. The van der Waals surface area contributed by atoms with Gasteiger partial charge in [-0.25, -0.2) is 4.39 Å². The molecule has 0 spiro atoms. The second kappa shape index (κ2) is 5.67. The van der Waals surface area contributed by atoms with Crippen molar-refractivity contribution in [3.8, 4) is 0 Å². The highest BCUT2D eigenvalue weighted by atomic mass is 127. The molecule has 1 N–H and O–H groups in total. The van der Waals surface area contributed by atoms with E-state index in [9.17, 15) is 9.50 Å². The van der Waals surface area contributed by atoms with Crippen LogP contribution in [-0.2, 0) is 0 Å². The lowest BCUT2D eigenvalue weighted by molar-refractivity contribution is 0.218. The summed E-state index contributed by atoms with van der Waals surface area (Å²) in [5.41, 5.74) is 2.25. The first kappa shape index (κ1) is 14.0. The van der Waals surface area contributed by atoms with E-state index in [1.807, 2.05) is 25.1 Å². The maximum Gasteiger partial charge on any atom is 0.123 e. The molecule has 94 valence electrons. The fourth-order valence-corrected chi connectivity index (χ4v) is 2.81. The van der Waals surface area contributed by atoms with Crippen molar-refractivity contribution in [2.75, 3.05) is 0 Å². The van der Waals surface area contributed by atoms with Crippen LogP contribution < -0.4 is 0 Å². The Bertz CT molecular complexity index is 535. The quantitative estimate of drug-likeness (QED) is 0.705. The van der Waals surface area contributed by atoms with Crippen LogP contribution in [0.5, 0.6) is 0 Å². The van der Waals surface area contributed by atoms with Gasteiger partial charge in [0.1, 0.15) is 11.9 Å². The van der Waals surface area contributed by atoms with Crippen molar-refractivity contribution in [2.45, 2.75) is 13.0 Å². The summed E-state index contributed by atoms with van der Waals surface area (Å²) in [6, 6.07) is 10.2. The number of benzene rings is 2. The Morgan fingerprint density at radius 3 is 2.61 bits per heavy atom. The smallest absolute Gasteiger partial charge is 0.123 e. The molecule has 0 saturated heterocycles. The molecule has 0 saturated carbocycles. The van der Waals surface area contributed by atoms with Gasteiger partial charge in [0, 0.05) is 8.04 Å². The minimum atomic E-state index is -0.815. The normalized spacial score (nSPS) is 12.5. The first-order chi connectivity index (χ1) is 8.49. The maximum absolute atomic E-state index is 13.3. The van der Waals surface area contributed by atoms with Gasteiger partial charge >= 0.3 is 0 Å². The lowest BCUT2D eigenvalue weighted by Gasteiger charge is -2.16. The fraction of sp³-hybridized carbons (Fsp3) is 0.143. The monoisotopic (exact) mass is 420 g/mol. The standard InChI is InChI=1S/C14H11BrFIO/c1-8-2-4-10(16)7-11(8)14(18)12-6-9(15)3-5-13(12)17/h2-7,14,18H,1H3. The Hall–Kier alpha value is -0.460. The Balaban J connectivity index is 2.50. The third-order valence-electron chi connectivity index (χ3n) is 2.79. The molecule has 0 aromatic heterocycles. The highest BCUT2D eigenvalue weighted by Crippen LogP contribution is 2.30. The predicted octanol–water partition coefficient (Wildman–Crippen LogP) is 4.58. The van der Waals surface area contributed by atoms with Gasteiger partial charge in [0.15, 0.2) is 0 Å². The third kappa shape index (κ3) is 2.92. The number of aryl methyl sites for hydroxylation is 1. The third-order valence-corrected chi connectivity index (χ3v) is 4.26. The molecule has 2 aromatic carbocycles. The second-order valence-electron chi connectivity index (χ2n) is 4.07. The summed E-state index contributed by atoms with van der Waals surface area (Å²) in [6.07, 6.45) is -0.815. The van der Waals surface area contributed by atoms with E-state index in [4.69, 9.17) is 0 Å². The summed E-state index contributed by atoms with van der Waals surface area (Å²) in [4.78, 5) is 0. The van der Waals surface area contributed by atoms with Gasteiger partial charge in [-0.3, -0.25) is 0 Å². The van der Waals surface area contributed by atoms with Crippen LogP contribution >= 0.6 is 38.5 Å². The summed E-state index contributed by atoms with van der Waals surface area (Å²) in [5, 5.41) is 10.4. The van der Waals surface area contributed by atoms with Crippen molar-refractivity contribution in [1.29, 1.82) is 0 Å². The van der Waals surface area contributed by atoms with Crippen LogP contribution in [0.2, 0.25) is 0 Å². The summed E-state index contributed by atoms with van der Waals surface area (Å²) < 4.78 is 15.1. The first-order valence-corrected chi connectivity index (χ1v) is 7.25. The molecule has 1 unspecified atom stereocenters. The van der Waals surface area contributed by atoms with Crippen molar-refractivity contribution < 1.29 is 9.50 Å². The Kier molecular flexibility index (Phi) is 4.40. The molecule has 0 aliphatic carbocycles. The number of hydrogen-bond donors (Lipinski definition) is 1. The van der Waals surface area contributed by atoms with Gasteiger partial charge < -0.3 is 5.11 Å². The van der Waals surface area contributed by atoms with E-state index < -0.39 is 6.10 Å². The molecule has 1 nitrogen and oxygen atoms in total. The van der Waals surface area contributed by atoms with E-state index in [2.05, 4.69) is 38.5 Å². The zero-order valence-corrected chi connectivity index (χ0v) is 13.4. The van der Waals surface area contributed by atoms with Crippen LogP contribution in [0.25, 0.3) is 0 Å². The van der Waals surface area contributed by atoms with E-state index >= 15 is 0 Å². The summed E-state index contributed by atoms with van der Waals surface area (Å²) in [7, 11) is 0. The zero-order valence-electron chi connectivity index (χ0n) is 9.62. The molecule has 2 rings (SSSR count). The first-order valence-electron chi connectivity index (χ1n) is 5.38. The molecule has 1 atom stereocenters. The van der Waals surface area contributed by atoms with E-state index in [1.54, 1.807) is 6.07 Å². The van der Waals surface area contributed by atoms with Crippen LogP contribution in [-0.4, -0.2) is 5.11 Å². The molecule has 18 heavy (non-hydrogen) atoms. The van der Waals surface area contributed by atoms with Gasteiger partial charge in [0.05, 0.1) is 0 Å².